The molecule has 9 nitrogen and oxygen atoms in total. The second-order valence-electron chi connectivity index (χ2n) is 9.21. The average molecular weight is 516 g/mol. The molecule has 3 aromatic rings. The van der Waals surface area contributed by atoms with Crippen molar-refractivity contribution in [2.45, 2.75) is 24.8 Å². The Labute approximate surface area is 209 Å². The molecule has 184 valence electrons. The summed E-state index contributed by atoms with van der Waals surface area (Å²) in [6.07, 6.45) is 5.18. The van der Waals surface area contributed by atoms with Gasteiger partial charge in [0.1, 0.15) is 5.69 Å². The fourth-order valence-corrected chi connectivity index (χ4v) is 5.53. The van der Waals surface area contributed by atoms with Gasteiger partial charge in [-0.1, -0.05) is 30.7 Å². The van der Waals surface area contributed by atoms with Gasteiger partial charge in [0, 0.05) is 42.8 Å². The first kappa shape index (κ1) is 23.8. The first-order valence-electron chi connectivity index (χ1n) is 11.4. The third kappa shape index (κ3) is 4.91. The first-order valence-corrected chi connectivity index (χ1v) is 13.3. The van der Waals surface area contributed by atoms with E-state index in [0.29, 0.717) is 36.1 Å². The number of anilines is 1. The second kappa shape index (κ2) is 9.25. The van der Waals surface area contributed by atoms with Gasteiger partial charge in [-0.25, -0.2) is 13.4 Å². The van der Waals surface area contributed by atoms with E-state index < -0.39 is 10.0 Å². The van der Waals surface area contributed by atoms with Gasteiger partial charge in [0.15, 0.2) is 5.03 Å². The largest absolute Gasteiger partial charge is 0.486 e. The molecule has 1 saturated carbocycles. The normalized spacial score (nSPS) is 17.8. The van der Waals surface area contributed by atoms with Crippen molar-refractivity contribution >= 4 is 27.3 Å². The number of ether oxygens (including phenoxy) is 1. The molecule has 11 heteroatoms. The van der Waals surface area contributed by atoms with E-state index in [1.807, 2.05) is 4.90 Å². The topological polar surface area (TPSA) is 97.6 Å². The van der Waals surface area contributed by atoms with Crippen LogP contribution in [0.15, 0.2) is 64.7 Å². The molecule has 1 aliphatic heterocycles. The second-order valence-corrected chi connectivity index (χ2v) is 11.5. The van der Waals surface area contributed by atoms with Crippen LogP contribution in [0.25, 0.3) is 5.69 Å². The Morgan fingerprint density at radius 3 is 2.51 bits per heavy atom. The van der Waals surface area contributed by atoms with Gasteiger partial charge in [0.05, 0.1) is 18.5 Å². The van der Waals surface area contributed by atoms with Crippen molar-refractivity contribution in [2.24, 2.45) is 5.41 Å². The van der Waals surface area contributed by atoms with Gasteiger partial charge in [-0.2, -0.15) is 14.1 Å². The summed E-state index contributed by atoms with van der Waals surface area (Å²) in [7, 11) is -3.68. The highest BCUT2D eigenvalue weighted by Gasteiger charge is 2.39. The summed E-state index contributed by atoms with van der Waals surface area (Å²) < 4.78 is 34.7. The molecule has 1 aromatic carbocycles. The summed E-state index contributed by atoms with van der Waals surface area (Å²) >= 11 is 6.12. The summed E-state index contributed by atoms with van der Waals surface area (Å²) in [4.78, 5) is 19.4. The summed E-state index contributed by atoms with van der Waals surface area (Å²) in [5, 5.41) is 4.91. The van der Waals surface area contributed by atoms with E-state index in [1.165, 1.54) is 21.3 Å². The lowest BCUT2D eigenvalue weighted by molar-refractivity contribution is 0.242. The zero-order chi connectivity index (χ0) is 24.6. The molecule has 1 saturated heterocycles. The number of pyridine rings is 1. The standard InChI is InChI=1S/C24H26ClN5O4S/c1-24(8-9-24)17-34-22-20(16-27-30(23(22)31)19-6-4-5-18(25)15-19)28-11-13-29(14-12-28)35(32,33)21-7-2-3-10-26-21/h2-7,10,15-16H,8-9,11-14,17H2,1H3. The van der Waals surface area contributed by atoms with Crippen molar-refractivity contribution in [2.75, 3.05) is 37.7 Å². The molecule has 0 atom stereocenters. The quantitative estimate of drug-likeness (QED) is 0.477. The molecule has 0 bridgehead atoms. The molecule has 2 fully saturated rings. The lowest BCUT2D eigenvalue weighted by Gasteiger charge is -2.35. The summed E-state index contributed by atoms with van der Waals surface area (Å²) in [6.45, 7) is 3.86. The fourth-order valence-electron chi connectivity index (χ4n) is 3.99. The van der Waals surface area contributed by atoms with E-state index in [1.54, 1.807) is 42.6 Å². The van der Waals surface area contributed by atoms with Crippen LogP contribution in [0.5, 0.6) is 5.75 Å². The van der Waals surface area contributed by atoms with Gasteiger partial charge in [0.25, 0.3) is 10.0 Å². The molecular weight excluding hydrogens is 490 g/mol. The van der Waals surface area contributed by atoms with Gasteiger partial charge >= 0.3 is 5.56 Å². The highest BCUT2D eigenvalue weighted by atomic mass is 35.5. The summed E-state index contributed by atoms with van der Waals surface area (Å²) in [6, 6.07) is 11.7. The lowest BCUT2D eigenvalue weighted by Crippen LogP contribution is -2.49. The van der Waals surface area contributed by atoms with Crippen molar-refractivity contribution in [1.29, 1.82) is 0 Å². The van der Waals surface area contributed by atoms with E-state index >= 15 is 0 Å². The van der Waals surface area contributed by atoms with Gasteiger partial charge in [-0.15, -0.1) is 0 Å². The van der Waals surface area contributed by atoms with Crippen LogP contribution in [0, 0.1) is 5.41 Å². The molecule has 35 heavy (non-hydrogen) atoms. The molecule has 2 aromatic heterocycles. The van der Waals surface area contributed by atoms with Crippen LogP contribution in [0.1, 0.15) is 19.8 Å². The maximum Gasteiger partial charge on any atom is 0.316 e. The van der Waals surface area contributed by atoms with Gasteiger partial charge in [-0.05, 0) is 43.2 Å². The third-order valence-corrected chi connectivity index (χ3v) is 8.51. The van der Waals surface area contributed by atoms with Crippen LogP contribution in [0.4, 0.5) is 5.69 Å². The van der Waals surface area contributed by atoms with Crippen LogP contribution >= 0.6 is 11.6 Å². The van der Waals surface area contributed by atoms with Crippen molar-refractivity contribution < 1.29 is 13.2 Å². The number of benzene rings is 1. The number of nitrogens with zero attached hydrogens (tertiary/aromatic N) is 5. The van der Waals surface area contributed by atoms with Gasteiger partial charge in [-0.3, -0.25) is 4.79 Å². The molecule has 5 rings (SSSR count). The smallest absolute Gasteiger partial charge is 0.316 e. The monoisotopic (exact) mass is 515 g/mol. The highest BCUT2D eigenvalue weighted by Crippen LogP contribution is 2.45. The van der Waals surface area contributed by atoms with Crippen LogP contribution < -0.4 is 15.2 Å². The number of halogens is 1. The highest BCUT2D eigenvalue weighted by molar-refractivity contribution is 7.89. The molecular formula is C24H26ClN5O4S. The minimum Gasteiger partial charge on any atom is -0.486 e. The van der Waals surface area contributed by atoms with E-state index in [0.717, 1.165) is 12.8 Å². The van der Waals surface area contributed by atoms with Gasteiger partial charge in [0.2, 0.25) is 5.75 Å². The Morgan fingerprint density at radius 2 is 1.86 bits per heavy atom. The van der Waals surface area contributed by atoms with Crippen molar-refractivity contribution in [1.82, 2.24) is 19.1 Å². The number of sulfonamides is 1. The maximum atomic E-state index is 13.5. The lowest BCUT2D eigenvalue weighted by atomic mass is 10.2. The van der Waals surface area contributed by atoms with E-state index in [-0.39, 0.29) is 34.8 Å². The summed E-state index contributed by atoms with van der Waals surface area (Å²) in [5.41, 5.74) is 0.802. The maximum absolute atomic E-state index is 13.5. The molecule has 0 N–H and O–H groups in total. The molecule has 0 spiro atoms. The average Bonchev–Trinajstić information content (AvgIpc) is 3.61. The van der Waals surface area contributed by atoms with Crippen molar-refractivity contribution in [3.8, 4) is 11.4 Å². The van der Waals surface area contributed by atoms with E-state index in [2.05, 4.69) is 17.0 Å². The van der Waals surface area contributed by atoms with Crippen LogP contribution in [-0.4, -0.2) is 60.3 Å². The number of aromatic nitrogens is 3. The Balaban J connectivity index is 1.42. The number of piperazine rings is 1. The predicted octanol–water partition coefficient (Wildman–Crippen LogP) is 2.97. The Bertz CT molecular complexity index is 1380. The minimum atomic E-state index is -3.68. The molecule has 0 unspecified atom stereocenters. The molecule has 1 aliphatic carbocycles. The zero-order valence-electron chi connectivity index (χ0n) is 19.3. The number of hydrogen-bond acceptors (Lipinski definition) is 7. The number of hydrogen-bond donors (Lipinski definition) is 0. The molecule has 3 heterocycles. The third-order valence-electron chi connectivity index (χ3n) is 6.46. The Kier molecular flexibility index (Phi) is 6.29. The first-order chi connectivity index (χ1) is 16.8. The van der Waals surface area contributed by atoms with Crippen LogP contribution in [-0.2, 0) is 10.0 Å². The predicted molar refractivity (Wildman–Crippen MR) is 133 cm³/mol. The number of rotatable bonds is 7. The Morgan fingerprint density at radius 1 is 1.09 bits per heavy atom. The van der Waals surface area contributed by atoms with Crippen molar-refractivity contribution in [3.63, 3.8) is 0 Å². The zero-order valence-corrected chi connectivity index (χ0v) is 20.9. The van der Waals surface area contributed by atoms with Gasteiger partial charge < -0.3 is 9.64 Å². The fraction of sp³-hybridized carbons (Fsp3) is 0.375. The summed E-state index contributed by atoms with van der Waals surface area (Å²) in [5.74, 6) is 0.217. The van der Waals surface area contributed by atoms with E-state index in [4.69, 9.17) is 16.3 Å². The molecule has 2 aliphatic rings. The van der Waals surface area contributed by atoms with Crippen molar-refractivity contribution in [3.05, 3.63) is 70.2 Å². The van der Waals surface area contributed by atoms with E-state index in [9.17, 15) is 13.2 Å². The minimum absolute atomic E-state index is 0.0286. The SMILES string of the molecule is CC1(COc2c(N3CCN(S(=O)(=O)c4ccccn4)CC3)cnn(-c3cccc(Cl)c3)c2=O)CC1. The Hall–Kier alpha value is -2.95. The molecule has 0 amide bonds. The van der Waals surface area contributed by atoms with Crippen LogP contribution in [0.3, 0.4) is 0 Å². The van der Waals surface area contributed by atoms with Crippen LogP contribution in [0.2, 0.25) is 5.02 Å². The molecule has 0 radical (unpaired) electrons.